The SMILES string of the molecule is CN(C)c1nc(N(C)C)nc(N(C)CCc2ccco2)n1. The zero-order valence-electron chi connectivity index (χ0n) is 13.2. The van der Waals surface area contributed by atoms with E-state index in [4.69, 9.17) is 4.42 Å². The summed E-state index contributed by atoms with van der Waals surface area (Å²) in [6.07, 6.45) is 2.50. The first-order valence-corrected chi connectivity index (χ1v) is 6.81. The molecule has 0 aromatic carbocycles. The van der Waals surface area contributed by atoms with Crippen molar-refractivity contribution in [3.05, 3.63) is 24.2 Å². The quantitative estimate of drug-likeness (QED) is 0.794. The first-order valence-electron chi connectivity index (χ1n) is 6.81. The van der Waals surface area contributed by atoms with Gasteiger partial charge in [-0.25, -0.2) is 0 Å². The second-order valence-electron chi connectivity index (χ2n) is 5.28. The van der Waals surface area contributed by atoms with Crippen LogP contribution in [0.3, 0.4) is 0 Å². The molecule has 0 saturated heterocycles. The lowest BCUT2D eigenvalue weighted by Gasteiger charge is -2.21. The van der Waals surface area contributed by atoms with Gasteiger partial charge >= 0.3 is 0 Å². The summed E-state index contributed by atoms with van der Waals surface area (Å²) in [5.74, 6) is 2.91. The van der Waals surface area contributed by atoms with Crippen LogP contribution in [-0.2, 0) is 6.42 Å². The second kappa shape index (κ2) is 6.43. The summed E-state index contributed by atoms with van der Waals surface area (Å²) in [5, 5.41) is 0. The van der Waals surface area contributed by atoms with E-state index >= 15 is 0 Å². The highest BCUT2D eigenvalue weighted by Crippen LogP contribution is 2.16. The molecule has 0 aliphatic heterocycles. The molecule has 7 nitrogen and oxygen atoms in total. The molecule has 0 bridgehead atoms. The van der Waals surface area contributed by atoms with Crippen LogP contribution in [0, 0.1) is 0 Å². The van der Waals surface area contributed by atoms with Gasteiger partial charge in [0.2, 0.25) is 17.8 Å². The van der Waals surface area contributed by atoms with Crippen molar-refractivity contribution in [3.63, 3.8) is 0 Å². The average molecular weight is 290 g/mol. The van der Waals surface area contributed by atoms with Crippen LogP contribution in [-0.4, -0.2) is 56.7 Å². The highest BCUT2D eigenvalue weighted by molar-refractivity contribution is 5.44. The summed E-state index contributed by atoms with van der Waals surface area (Å²) in [6, 6.07) is 3.87. The zero-order valence-corrected chi connectivity index (χ0v) is 13.2. The van der Waals surface area contributed by atoms with E-state index in [0.717, 1.165) is 18.7 Å². The van der Waals surface area contributed by atoms with Crippen LogP contribution < -0.4 is 14.7 Å². The third kappa shape index (κ3) is 3.84. The van der Waals surface area contributed by atoms with Crippen molar-refractivity contribution in [1.82, 2.24) is 15.0 Å². The Morgan fingerprint density at radius 2 is 1.48 bits per heavy atom. The molecule has 0 N–H and O–H groups in total. The average Bonchev–Trinajstić information content (AvgIpc) is 2.97. The molecule has 114 valence electrons. The predicted molar refractivity (Wildman–Crippen MR) is 84.2 cm³/mol. The van der Waals surface area contributed by atoms with E-state index in [0.29, 0.717) is 17.8 Å². The lowest BCUT2D eigenvalue weighted by atomic mass is 10.3. The van der Waals surface area contributed by atoms with Crippen LogP contribution in [0.5, 0.6) is 0 Å². The highest BCUT2D eigenvalue weighted by Gasteiger charge is 2.13. The molecule has 7 heteroatoms. The van der Waals surface area contributed by atoms with Gasteiger partial charge in [0.1, 0.15) is 5.76 Å². The minimum Gasteiger partial charge on any atom is -0.469 e. The van der Waals surface area contributed by atoms with Crippen molar-refractivity contribution in [1.29, 1.82) is 0 Å². The Labute approximate surface area is 125 Å². The van der Waals surface area contributed by atoms with Crippen molar-refractivity contribution in [3.8, 4) is 0 Å². The maximum Gasteiger partial charge on any atom is 0.231 e. The van der Waals surface area contributed by atoms with Gasteiger partial charge in [0.25, 0.3) is 0 Å². The molecule has 0 spiro atoms. The van der Waals surface area contributed by atoms with Crippen LogP contribution in [0.25, 0.3) is 0 Å². The molecule has 0 aliphatic rings. The third-order valence-electron chi connectivity index (χ3n) is 3.02. The monoisotopic (exact) mass is 290 g/mol. The lowest BCUT2D eigenvalue weighted by molar-refractivity contribution is 0.508. The smallest absolute Gasteiger partial charge is 0.231 e. The first kappa shape index (κ1) is 15.1. The summed E-state index contributed by atoms with van der Waals surface area (Å²) in [7, 11) is 9.64. The van der Waals surface area contributed by atoms with Crippen molar-refractivity contribution in [2.45, 2.75) is 6.42 Å². The summed E-state index contributed by atoms with van der Waals surface area (Å²) in [6.45, 7) is 0.775. The molecule has 2 aromatic heterocycles. The van der Waals surface area contributed by atoms with Crippen molar-refractivity contribution in [2.75, 3.05) is 56.5 Å². The maximum atomic E-state index is 5.35. The van der Waals surface area contributed by atoms with Gasteiger partial charge in [-0.05, 0) is 12.1 Å². The van der Waals surface area contributed by atoms with Crippen molar-refractivity contribution < 1.29 is 4.42 Å². The largest absolute Gasteiger partial charge is 0.469 e. The van der Waals surface area contributed by atoms with Gasteiger partial charge in [0.15, 0.2) is 0 Å². The molecular formula is C14H22N6O. The predicted octanol–water partition coefficient (Wildman–Crippen LogP) is 1.28. The molecule has 2 rings (SSSR count). The van der Waals surface area contributed by atoms with E-state index < -0.39 is 0 Å². The normalized spacial score (nSPS) is 10.5. The Balaban J connectivity index is 2.16. The Morgan fingerprint density at radius 3 is 1.95 bits per heavy atom. The Hall–Kier alpha value is -2.31. The van der Waals surface area contributed by atoms with E-state index in [1.165, 1.54) is 0 Å². The molecule has 0 amide bonds. The molecule has 21 heavy (non-hydrogen) atoms. The number of aromatic nitrogens is 3. The van der Waals surface area contributed by atoms with E-state index in [9.17, 15) is 0 Å². The molecule has 0 atom stereocenters. The van der Waals surface area contributed by atoms with Crippen LogP contribution in [0.2, 0.25) is 0 Å². The lowest BCUT2D eigenvalue weighted by Crippen LogP contribution is -2.26. The van der Waals surface area contributed by atoms with Gasteiger partial charge in [-0.1, -0.05) is 0 Å². The zero-order chi connectivity index (χ0) is 15.4. The van der Waals surface area contributed by atoms with Gasteiger partial charge in [0.05, 0.1) is 6.26 Å². The minimum absolute atomic E-state index is 0.647. The van der Waals surface area contributed by atoms with Crippen LogP contribution >= 0.6 is 0 Å². The van der Waals surface area contributed by atoms with Crippen LogP contribution in [0.15, 0.2) is 22.8 Å². The number of anilines is 3. The molecule has 0 unspecified atom stereocenters. The fourth-order valence-corrected chi connectivity index (χ4v) is 1.75. The fraction of sp³-hybridized carbons (Fsp3) is 0.500. The van der Waals surface area contributed by atoms with Gasteiger partial charge < -0.3 is 19.1 Å². The highest BCUT2D eigenvalue weighted by atomic mass is 16.3. The standard InChI is InChI=1S/C14H22N6O/c1-18(2)12-15-13(19(3)4)17-14(16-12)20(5)9-8-11-7-6-10-21-11/h6-7,10H,8-9H2,1-5H3. The fourth-order valence-electron chi connectivity index (χ4n) is 1.75. The molecule has 2 aromatic rings. The van der Waals surface area contributed by atoms with Gasteiger partial charge in [-0.3, -0.25) is 0 Å². The van der Waals surface area contributed by atoms with Crippen LogP contribution in [0.1, 0.15) is 5.76 Å². The Morgan fingerprint density at radius 1 is 0.905 bits per heavy atom. The number of hydrogen-bond acceptors (Lipinski definition) is 7. The van der Waals surface area contributed by atoms with Gasteiger partial charge in [-0.15, -0.1) is 0 Å². The molecule has 0 saturated carbocycles. The maximum absolute atomic E-state index is 5.35. The molecule has 0 radical (unpaired) electrons. The minimum atomic E-state index is 0.647. The summed E-state index contributed by atoms with van der Waals surface area (Å²) in [4.78, 5) is 19.1. The number of hydrogen-bond donors (Lipinski definition) is 0. The summed E-state index contributed by atoms with van der Waals surface area (Å²) < 4.78 is 5.35. The Kier molecular flexibility index (Phi) is 4.62. The van der Waals surface area contributed by atoms with E-state index in [2.05, 4.69) is 15.0 Å². The third-order valence-corrected chi connectivity index (χ3v) is 3.02. The number of furan rings is 1. The second-order valence-corrected chi connectivity index (χ2v) is 5.28. The van der Waals surface area contributed by atoms with E-state index in [1.807, 2.05) is 62.1 Å². The molecular weight excluding hydrogens is 268 g/mol. The Bertz CT molecular complexity index is 541. The first-order chi connectivity index (χ1) is 9.97. The summed E-state index contributed by atoms with van der Waals surface area (Å²) >= 11 is 0. The van der Waals surface area contributed by atoms with Gasteiger partial charge in [0, 0.05) is 48.2 Å². The number of likely N-dealkylation sites (N-methyl/N-ethyl adjacent to an activating group) is 1. The van der Waals surface area contributed by atoms with Crippen molar-refractivity contribution in [2.24, 2.45) is 0 Å². The van der Waals surface area contributed by atoms with Gasteiger partial charge in [-0.2, -0.15) is 15.0 Å². The number of nitrogens with zero attached hydrogens (tertiary/aromatic N) is 6. The van der Waals surface area contributed by atoms with Crippen LogP contribution in [0.4, 0.5) is 17.8 Å². The molecule has 0 fully saturated rings. The molecule has 0 aliphatic carbocycles. The number of rotatable bonds is 6. The van der Waals surface area contributed by atoms with E-state index in [-0.39, 0.29) is 0 Å². The van der Waals surface area contributed by atoms with E-state index in [1.54, 1.807) is 6.26 Å². The van der Waals surface area contributed by atoms with Crippen molar-refractivity contribution >= 4 is 17.8 Å². The molecule has 2 heterocycles. The topological polar surface area (TPSA) is 61.5 Å². The summed E-state index contributed by atoms with van der Waals surface area (Å²) in [5.41, 5.74) is 0.